The van der Waals surface area contributed by atoms with E-state index in [4.69, 9.17) is 5.11 Å². The topological polar surface area (TPSA) is 60.8 Å². The summed E-state index contributed by atoms with van der Waals surface area (Å²) in [5, 5.41) is 18.4. The summed E-state index contributed by atoms with van der Waals surface area (Å²) in [5.41, 5.74) is -1.02. The van der Waals surface area contributed by atoms with E-state index in [0.717, 1.165) is 6.42 Å². The number of amides is 1. The molecule has 1 heterocycles. The first-order chi connectivity index (χ1) is 5.12. The van der Waals surface area contributed by atoms with Crippen molar-refractivity contribution in [3.05, 3.63) is 0 Å². The molecule has 1 amide bonds. The van der Waals surface area contributed by atoms with Crippen molar-refractivity contribution in [3.8, 4) is 0 Å². The molecule has 1 saturated carbocycles. The van der Waals surface area contributed by atoms with Gasteiger partial charge in [0.05, 0.1) is 0 Å². The molecule has 0 aromatic carbocycles. The smallest absolute Gasteiger partial charge is 0.409 e. The zero-order valence-corrected chi connectivity index (χ0v) is 6.16. The van der Waals surface area contributed by atoms with Crippen LogP contribution in [0.4, 0.5) is 4.79 Å². The average Bonchev–Trinajstić information content (AvgIpc) is 2.41. The fraction of sp³-hybridized carbons (Fsp3) is 0.857. The summed E-state index contributed by atoms with van der Waals surface area (Å²) in [6, 6.07) is 0. The van der Waals surface area contributed by atoms with Gasteiger partial charge in [-0.3, -0.25) is 4.90 Å². The first-order valence-corrected chi connectivity index (χ1v) is 3.85. The summed E-state index contributed by atoms with van der Waals surface area (Å²) >= 11 is 0. The van der Waals surface area contributed by atoms with Crippen LogP contribution in [-0.2, 0) is 0 Å². The van der Waals surface area contributed by atoms with Crippen LogP contribution >= 0.6 is 0 Å². The van der Waals surface area contributed by atoms with Gasteiger partial charge in [-0.05, 0) is 25.2 Å². The highest BCUT2D eigenvalue weighted by molar-refractivity contribution is 5.66. The van der Waals surface area contributed by atoms with Crippen molar-refractivity contribution in [2.45, 2.75) is 25.0 Å². The number of carboxylic acid groups (broad SMARTS) is 1. The zero-order valence-electron chi connectivity index (χ0n) is 6.16. The Morgan fingerprint density at radius 1 is 1.64 bits per heavy atom. The van der Waals surface area contributed by atoms with Crippen LogP contribution in [0, 0.1) is 5.92 Å². The Morgan fingerprint density at radius 2 is 2.36 bits per heavy atom. The second-order valence-corrected chi connectivity index (χ2v) is 3.48. The number of aliphatic hydroxyl groups is 1. The lowest BCUT2D eigenvalue weighted by molar-refractivity contribution is -0.0680. The van der Waals surface area contributed by atoms with E-state index in [0.29, 0.717) is 25.3 Å². The van der Waals surface area contributed by atoms with Gasteiger partial charge in [-0.25, -0.2) is 4.79 Å². The first-order valence-electron chi connectivity index (χ1n) is 3.85. The molecule has 0 spiro atoms. The van der Waals surface area contributed by atoms with E-state index in [1.807, 2.05) is 0 Å². The molecule has 2 atom stereocenters. The SMILES string of the molecule is O=C(O)N1CC2CCC1(O)C2. The Kier molecular flexibility index (Phi) is 1.18. The van der Waals surface area contributed by atoms with Crippen molar-refractivity contribution in [1.82, 2.24) is 4.90 Å². The van der Waals surface area contributed by atoms with Crippen LogP contribution in [0.5, 0.6) is 0 Å². The van der Waals surface area contributed by atoms with Crippen LogP contribution in [0.1, 0.15) is 19.3 Å². The van der Waals surface area contributed by atoms with Crippen molar-refractivity contribution in [3.63, 3.8) is 0 Å². The summed E-state index contributed by atoms with van der Waals surface area (Å²) in [6.07, 6.45) is 1.23. The Hall–Kier alpha value is -0.770. The van der Waals surface area contributed by atoms with Crippen molar-refractivity contribution in [2.24, 2.45) is 5.92 Å². The normalized spacial score (nSPS) is 41.5. The van der Waals surface area contributed by atoms with Gasteiger partial charge in [-0.1, -0.05) is 0 Å². The molecule has 4 nitrogen and oxygen atoms in total. The van der Waals surface area contributed by atoms with E-state index >= 15 is 0 Å². The molecular weight excluding hydrogens is 146 g/mol. The van der Waals surface area contributed by atoms with Crippen LogP contribution in [0.2, 0.25) is 0 Å². The maximum atomic E-state index is 10.6. The fourth-order valence-electron chi connectivity index (χ4n) is 2.19. The molecule has 0 aromatic rings. The van der Waals surface area contributed by atoms with E-state index in [2.05, 4.69) is 0 Å². The van der Waals surface area contributed by atoms with Gasteiger partial charge in [0.15, 0.2) is 0 Å². The predicted molar refractivity (Wildman–Crippen MR) is 37.0 cm³/mol. The summed E-state index contributed by atoms with van der Waals surface area (Å²) < 4.78 is 0. The quantitative estimate of drug-likeness (QED) is 0.537. The molecule has 2 aliphatic rings. The number of piperidine rings is 1. The maximum Gasteiger partial charge on any atom is 0.409 e. The molecule has 2 bridgehead atoms. The Morgan fingerprint density at radius 3 is 2.64 bits per heavy atom. The van der Waals surface area contributed by atoms with E-state index in [1.54, 1.807) is 0 Å². The minimum atomic E-state index is -1.02. The summed E-state index contributed by atoms with van der Waals surface area (Å²) in [5.74, 6) is 0.399. The number of nitrogens with zero attached hydrogens (tertiary/aromatic N) is 1. The van der Waals surface area contributed by atoms with Crippen LogP contribution < -0.4 is 0 Å². The molecule has 1 saturated heterocycles. The summed E-state index contributed by atoms with van der Waals surface area (Å²) in [7, 11) is 0. The number of carbonyl (C=O) groups is 1. The van der Waals surface area contributed by atoms with Crippen molar-refractivity contribution < 1.29 is 15.0 Å². The third-order valence-corrected chi connectivity index (χ3v) is 2.74. The van der Waals surface area contributed by atoms with Crippen LogP contribution in [0.25, 0.3) is 0 Å². The van der Waals surface area contributed by atoms with Gasteiger partial charge >= 0.3 is 6.09 Å². The first kappa shape index (κ1) is 6.91. The van der Waals surface area contributed by atoms with Gasteiger partial charge in [0.2, 0.25) is 0 Å². The largest absolute Gasteiger partial charge is 0.465 e. The second-order valence-electron chi connectivity index (χ2n) is 3.48. The Bertz CT molecular complexity index is 206. The highest BCUT2D eigenvalue weighted by Crippen LogP contribution is 2.44. The molecule has 1 aliphatic heterocycles. The van der Waals surface area contributed by atoms with Gasteiger partial charge in [0, 0.05) is 6.54 Å². The van der Waals surface area contributed by atoms with Gasteiger partial charge in [-0.2, -0.15) is 0 Å². The Labute approximate surface area is 64.4 Å². The van der Waals surface area contributed by atoms with E-state index in [1.165, 1.54) is 4.90 Å². The maximum absolute atomic E-state index is 10.6. The molecule has 62 valence electrons. The standard InChI is InChI=1S/C7H11NO3/c9-6(10)8-4-5-1-2-7(8,11)3-5/h5,11H,1-4H2,(H,9,10). The fourth-order valence-corrected chi connectivity index (χ4v) is 2.19. The molecule has 2 fully saturated rings. The highest BCUT2D eigenvalue weighted by Gasteiger charge is 2.51. The third kappa shape index (κ3) is 0.822. The molecule has 4 heteroatoms. The molecule has 0 aromatic heterocycles. The van der Waals surface area contributed by atoms with Crippen LogP contribution in [0.15, 0.2) is 0 Å². The monoisotopic (exact) mass is 157 g/mol. The lowest BCUT2D eigenvalue weighted by Gasteiger charge is -2.31. The average molecular weight is 157 g/mol. The Balaban J connectivity index is 2.21. The van der Waals surface area contributed by atoms with Gasteiger partial charge in [-0.15, -0.1) is 0 Å². The molecule has 1 aliphatic carbocycles. The lowest BCUT2D eigenvalue weighted by atomic mass is 10.1. The summed E-state index contributed by atoms with van der Waals surface area (Å²) in [6.45, 7) is 0.520. The predicted octanol–water partition coefficient (Wildman–Crippen LogP) is 0.469. The zero-order chi connectivity index (χ0) is 8.06. The van der Waals surface area contributed by atoms with E-state index < -0.39 is 11.8 Å². The summed E-state index contributed by atoms with van der Waals surface area (Å²) in [4.78, 5) is 11.7. The molecule has 2 N–H and O–H groups in total. The molecular formula is C7H11NO3. The number of fused-ring (bicyclic) bond motifs is 2. The number of hydrogen-bond donors (Lipinski definition) is 2. The van der Waals surface area contributed by atoms with E-state index in [-0.39, 0.29) is 0 Å². The van der Waals surface area contributed by atoms with Crippen molar-refractivity contribution >= 4 is 6.09 Å². The lowest BCUT2D eigenvalue weighted by Crippen LogP contribution is -2.47. The molecule has 2 rings (SSSR count). The number of hydrogen-bond acceptors (Lipinski definition) is 2. The third-order valence-electron chi connectivity index (χ3n) is 2.74. The van der Waals surface area contributed by atoms with E-state index in [9.17, 15) is 9.90 Å². The number of rotatable bonds is 0. The van der Waals surface area contributed by atoms with Gasteiger partial charge in [0.1, 0.15) is 5.72 Å². The van der Waals surface area contributed by atoms with Crippen LogP contribution in [0.3, 0.4) is 0 Å². The second kappa shape index (κ2) is 1.88. The van der Waals surface area contributed by atoms with Crippen LogP contribution in [-0.4, -0.2) is 33.5 Å². The number of likely N-dealkylation sites (tertiary alicyclic amines) is 1. The van der Waals surface area contributed by atoms with Crippen molar-refractivity contribution in [2.75, 3.05) is 6.54 Å². The molecule has 2 unspecified atom stereocenters. The minimum Gasteiger partial charge on any atom is -0.465 e. The van der Waals surface area contributed by atoms with Gasteiger partial charge < -0.3 is 10.2 Å². The molecule has 0 radical (unpaired) electrons. The highest BCUT2D eigenvalue weighted by atomic mass is 16.4. The van der Waals surface area contributed by atoms with Gasteiger partial charge in [0.25, 0.3) is 0 Å². The minimum absolute atomic E-state index is 0.399. The van der Waals surface area contributed by atoms with Crippen molar-refractivity contribution in [1.29, 1.82) is 0 Å². The molecule has 11 heavy (non-hydrogen) atoms.